The molecule has 3 nitrogen and oxygen atoms in total. The van der Waals surface area contributed by atoms with Gasteiger partial charge < -0.3 is 0 Å². The summed E-state index contributed by atoms with van der Waals surface area (Å²) in [6, 6.07) is 3.37. The van der Waals surface area contributed by atoms with E-state index in [0.29, 0.717) is 11.0 Å². The van der Waals surface area contributed by atoms with Crippen LogP contribution in [0.3, 0.4) is 0 Å². The molecule has 3 rings (SSSR count). The summed E-state index contributed by atoms with van der Waals surface area (Å²) in [7, 11) is 0. The van der Waals surface area contributed by atoms with Crippen molar-refractivity contribution in [1.82, 2.24) is 14.5 Å². The largest absolute Gasteiger partial charge is 0.293 e. The van der Waals surface area contributed by atoms with Crippen molar-refractivity contribution in [3.63, 3.8) is 0 Å². The zero-order valence-corrected chi connectivity index (χ0v) is 11.1. The molecule has 0 amide bonds. The van der Waals surface area contributed by atoms with Crippen LogP contribution in [0.1, 0.15) is 11.1 Å². The van der Waals surface area contributed by atoms with Gasteiger partial charge in [-0.25, -0.2) is 4.98 Å². The number of hydrogen-bond donors (Lipinski definition) is 0. The van der Waals surface area contributed by atoms with Crippen molar-refractivity contribution >= 4 is 11.0 Å². The molecular weight excluding hydrogens is 286 g/mol. The van der Waals surface area contributed by atoms with Gasteiger partial charge in [0.25, 0.3) is 11.9 Å². The fourth-order valence-corrected chi connectivity index (χ4v) is 2.13. The lowest BCUT2D eigenvalue weighted by molar-refractivity contribution is 0.403. The Morgan fingerprint density at radius 3 is 2.10 bits per heavy atom. The van der Waals surface area contributed by atoms with E-state index >= 15 is 0 Å². The number of pyridine rings is 1. The standard InChI is InChI=1S/C14H9F4N3/c1-6-3-8-9(4-7(6)2)21(5-19-8)12-10(15)13(17)20-14(18)11(12)16/h3-5H,1-2H3. The van der Waals surface area contributed by atoms with E-state index in [9.17, 15) is 17.6 Å². The van der Waals surface area contributed by atoms with Crippen LogP contribution in [0.4, 0.5) is 17.6 Å². The first-order valence-corrected chi connectivity index (χ1v) is 6.05. The van der Waals surface area contributed by atoms with Crippen molar-refractivity contribution < 1.29 is 17.6 Å². The van der Waals surface area contributed by atoms with Gasteiger partial charge in [0.1, 0.15) is 12.0 Å². The van der Waals surface area contributed by atoms with Crippen LogP contribution in [-0.4, -0.2) is 14.5 Å². The Balaban J connectivity index is 2.39. The zero-order valence-electron chi connectivity index (χ0n) is 11.1. The number of aryl methyl sites for hydroxylation is 2. The number of halogens is 4. The first-order valence-electron chi connectivity index (χ1n) is 6.05. The van der Waals surface area contributed by atoms with Crippen LogP contribution in [0.2, 0.25) is 0 Å². The predicted octanol–water partition coefficient (Wildman–Crippen LogP) is 3.59. The van der Waals surface area contributed by atoms with Crippen molar-refractivity contribution in [3.05, 3.63) is 53.1 Å². The number of hydrogen-bond acceptors (Lipinski definition) is 2. The highest BCUT2D eigenvalue weighted by atomic mass is 19.2. The van der Waals surface area contributed by atoms with Gasteiger partial charge >= 0.3 is 0 Å². The van der Waals surface area contributed by atoms with Gasteiger partial charge in [-0.2, -0.15) is 22.5 Å². The van der Waals surface area contributed by atoms with Crippen molar-refractivity contribution in [3.8, 4) is 5.69 Å². The predicted molar refractivity (Wildman–Crippen MR) is 68.2 cm³/mol. The van der Waals surface area contributed by atoms with E-state index in [-0.39, 0.29) is 0 Å². The fraction of sp³-hybridized carbons (Fsp3) is 0.143. The highest BCUT2D eigenvalue weighted by Crippen LogP contribution is 2.26. The summed E-state index contributed by atoms with van der Waals surface area (Å²) in [5.74, 6) is -6.53. The number of nitrogens with zero attached hydrogens (tertiary/aromatic N) is 3. The fourth-order valence-electron chi connectivity index (χ4n) is 2.13. The maximum atomic E-state index is 13.8. The Bertz CT molecular complexity index is 844. The number of aromatic nitrogens is 3. The van der Waals surface area contributed by atoms with Crippen LogP contribution in [0.5, 0.6) is 0 Å². The molecule has 0 aliphatic carbocycles. The Hall–Kier alpha value is -2.44. The lowest BCUT2D eigenvalue weighted by Gasteiger charge is -2.09. The Morgan fingerprint density at radius 2 is 1.48 bits per heavy atom. The number of imidazole rings is 1. The smallest absolute Gasteiger partial charge is 0.253 e. The SMILES string of the molecule is Cc1cc2ncn(-c3c(F)c(F)nc(F)c3F)c2cc1C. The molecule has 0 atom stereocenters. The zero-order chi connectivity index (χ0) is 15.3. The average Bonchev–Trinajstić information content (AvgIpc) is 2.81. The summed E-state index contributed by atoms with van der Waals surface area (Å²) in [4.78, 5) is 6.54. The lowest BCUT2D eigenvalue weighted by Crippen LogP contribution is -2.08. The van der Waals surface area contributed by atoms with E-state index in [1.165, 1.54) is 0 Å². The first-order chi connectivity index (χ1) is 9.90. The van der Waals surface area contributed by atoms with Gasteiger partial charge in [0.15, 0.2) is 0 Å². The maximum absolute atomic E-state index is 13.8. The van der Waals surface area contributed by atoms with Gasteiger partial charge in [0, 0.05) is 0 Å². The molecule has 0 aliphatic rings. The minimum atomic E-state index is -1.70. The van der Waals surface area contributed by atoms with Gasteiger partial charge in [-0.05, 0) is 37.1 Å². The Labute approximate surface area is 116 Å². The number of fused-ring (bicyclic) bond motifs is 1. The second kappa shape index (κ2) is 4.54. The van der Waals surface area contributed by atoms with Crippen LogP contribution in [0.15, 0.2) is 18.5 Å². The van der Waals surface area contributed by atoms with E-state index < -0.39 is 29.2 Å². The molecule has 0 spiro atoms. The molecule has 0 fully saturated rings. The average molecular weight is 295 g/mol. The lowest BCUT2D eigenvalue weighted by atomic mass is 10.1. The molecule has 2 aromatic heterocycles. The second-order valence-corrected chi connectivity index (χ2v) is 4.71. The monoisotopic (exact) mass is 295 g/mol. The molecule has 0 saturated carbocycles. The molecule has 0 N–H and O–H groups in total. The molecule has 0 aliphatic heterocycles. The first kappa shape index (κ1) is 13.5. The van der Waals surface area contributed by atoms with Gasteiger partial charge in [-0.1, -0.05) is 0 Å². The van der Waals surface area contributed by atoms with Gasteiger partial charge in [-0.15, -0.1) is 0 Å². The molecular formula is C14H9F4N3. The Morgan fingerprint density at radius 1 is 0.905 bits per heavy atom. The van der Waals surface area contributed by atoms with E-state index in [0.717, 1.165) is 22.0 Å². The van der Waals surface area contributed by atoms with Crippen molar-refractivity contribution in [2.75, 3.05) is 0 Å². The van der Waals surface area contributed by atoms with E-state index in [4.69, 9.17) is 0 Å². The van der Waals surface area contributed by atoms with Crippen LogP contribution in [0, 0.1) is 37.4 Å². The third-order valence-corrected chi connectivity index (χ3v) is 3.38. The van der Waals surface area contributed by atoms with Crippen molar-refractivity contribution in [1.29, 1.82) is 0 Å². The molecule has 0 bridgehead atoms. The quantitative estimate of drug-likeness (QED) is 0.507. The summed E-state index contributed by atoms with van der Waals surface area (Å²) in [6.45, 7) is 3.67. The van der Waals surface area contributed by atoms with E-state index in [1.54, 1.807) is 12.1 Å². The molecule has 21 heavy (non-hydrogen) atoms. The van der Waals surface area contributed by atoms with Crippen molar-refractivity contribution in [2.24, 2.45) is 0 Å². The van der Waals surface area contributed by atoms with Crippen LogP contribution < -0.4 is 0 Å². The third kappa shape index (κ3) is 1.96. The minimum absolute atomic E-state index is 0.348. The second-order valence-electron chi connectivity index (χ2n) is 4.71. The van der Waals surface area contributed by atoms with Crippen LogP contribution >= 0.6 is 0 Å². The van der Waals surface area contributed by atoms with Gasteiger partial charge in [0.05, 0.1) is 11.0 Å². The summed E-state index contributed by atoms with van der Waals surface area (Å²) >= 11 is 0. The molecule has 0 saturated heterocycles. The molecule has 2 heterocycles. The summed E-state index contributed by atoms with van der Waals surface area (Å²) in [6.07, 6.45) is 1.11. The normalized spacial score (nSPS) is 11.3. The molecule has 1 aromatic carbocycles. The molecule has 3 aromatic rings. The third-order valence-electron chi connectivity index (χ3n) is 3.38. The van der Waals surface area contributed by atoms with E-state index in [1.807, 2.05) is 13.8 Å². The van der Waals surface area contributed by atoms with Crippen LogP contribution in [0.25, 0.3) is 16.7 Å². The van der Waals surface area contributed by atoms with Crippen LogP contribution in [-0.2, 0) is 0 Å². The van der Waals surface area contributed by atoms with E-state index in [2.05, 4.69) is 9.97 Å². The topological polar surface area (TPSA) is 30.7 Å². The molecule has 7 heteroatoms. The number of benzene rings is 1. The summed E-state index contributed by atoms with van der Waals surface area (Å²) in [5, 5.41) is 0. The summed E-state index contributed by atoms with van der Waals surface area (Å²) in [5.41, 5.74) is 1.75. The van der Waals surface area contributed by atoms with Gasteiger partial charge in [-0.3, -0.25) is 4.57 Å². The molecule has 0 unspecified atom stereocenters. The minimum Gasteiger partial charge on any atom is -0.293 e. The van der Waals surface area contributed by atoms with Gasteiger partial charge in [0.2, 0.25) is 11.6 Å². The summed E-state index contributed by atoms with van der Waals surface area (Å²) < 4.78 is 55.1. The highest BCUT2D eigenvalue weighted by molar-refractivity contribution is 5.79. The highest BCUT2D eigenvalue weighted by Gasteiger charge is 2.23. The van der Waals surface area contributed by atoms with Crippen molar-refractivity contribution in [2.45, 2.75) is 13.8 Å². The number of rotatable bonds is 1. The molecule has 108 valence electrons. The maximum Gasteiger partial charge on any atom is 0.253 e. The molecule has 0 radical (unpaired) electrons. The Kier molecular flexibility index (Phi) is 2.93.